The second kappa shape index (κ2) is 5.77. The number of hydrogen-bond donors (Lipinski definition) is 1. The summed E-state index contributed by atoms with van der Waals surface area (Å²) in [5.41, 5.74) is -1.30. The molecule has 1 N–H and O–H groups in total. The van der Waals surface area contributed by atoms with Crippen LogP contribution in [0.4, 0.5) is 13.2 Å². The molecule has 0 aliphatic heterocycles. The fraction of sp³-hybridized carbons (Fsp3) is 0.400. The Labute approximate surface area is 129 Å². The van der Waals surface area contributed by atoms with E-state index in [9.17, 15) is 18.0 Å². The molecule has 5 nitrogen and oxygen atoms in total. The van der Waals surface area contributed by atoms with Crippen LogP contribution in [-0.2, 0) is 17.5 Å². The number of ether oxygens (including phenoxy) is 1. The van der Waals surface area contributed by atoms with Crippen LogP contribution >= 0.6 is 0 Å². The highest BCUT2D eigenvalue weighted by Gasteiger charge is 2.34. The normalized spacial score (nSPS) is 15.0. The Morgan fingerprint density at radius 1 is 1.39 bits per heavy atom. The van der Waals surface area contributed by atoms with E-state index in [0.29, 0.717) is 23.0 Å². The Morgan fingerprint density at radius 3 is 2.74 bits per heavy atom. The Kier molecular flexibility index (Phi) is 3.93. The second-order valence-corrected chi connectivity index (χ2v) is 5.42. The topological polar surface area (TPSA) is 67.9 Å². The van der Waals surface area contributed by atoms with Gasteiger partial charge in [0.05, 0.1) is 12.3 Å². The summed E-state index contributed by atoms with van der Waals surface area (Å²) >= 11 is 0. The summed E-state index contributed by atoms with van der Waals surface area (Å²) in [4.78, 5) is 22.1. The molecule has 0 atom stereocenters. The first-order chi connectivity index (χ1) is 10.9. The second-order valence-electron chi connectivity index (χ2n) is 5.42. The number of nitrogens with one attached hydrogen (secondary N) is 1. The molecule has 2 aromatic heterocycles. The van der Waals surface area contributed by atoms with Crippen molar-refractivity contribution in [2.75, 3.05) is 7.11 Å². The van der Waals surface area contributed by atoms with Gasteiger partial charge in [-0.2, -0.15) is 13.2 Å². The lowest BCUT2D eigenvalue weighted by Gasteiger charge is -2.11. The van der Waals surface area contributed by atoms with E-state index in [1.165, 1.54) is 19.5 Å². The van der Waals surface area contributed by atoms with E-state index in [4.69, 9.17) is 4.74 Å². The maximum absolute atomic E-state index is 12.9. The van der Waals surface area contributed by atoms with Gasteiger partial charge >= 0.3 is 6.18 Å². The van der Waals surface area contributed by atoms with E-state index in [-0.39, 0.29) is 12.2 Å². The van der Waals surface area contributed by atoms with E-state index in [1.807, 2.05) is 0 Å². The lowest BCUT2D eigenvalue weighted by atomic mass is 10.1. The van der Waals surface area contributed by atoms with Gasteiger partial charge in [0.25, 0.3) is 5.56 Å². The molecular weight excluding hydrogens is 311 g/mol. The van der Waals surface area contributed by atoms with Gasteiger partial charge in [-0.05, 0) is 18.9 Å². The molecule has 122 valence electrons. The number of methoxy groups -OCH3 is 1. The number of halogens is 3. The van der Waals surface area contributed by atoms with E-state index in [1.54, 1.807) is 0 Å². The molecule has 2 heterocycles. The summed E-state index contributed by atoms with van der Waals surface area (Å²) in [6.45, 7) is 0.151. The largest absolute Gasteiger partial charge is 0.421 e. The van der Waals surface area contributed by atoms with Gasteiger partial charge in [-0.3, -0.25) is 4.79 Å². The van der Waals surface area contributed by atoms with Gasteiger partial charge in [0, 0.05) is 36.5 Å². The zero-order valence-electron chi connectivity index (χ0n) is 12.3. The number of pyridine rings is 1. The van der Waals surface area contributed by atoms with Crippen LogP contribution in [0.5, 0.6) is 0 Å². The molecule has 2 aromatic rings. The number of rotatable bonds is 4. The lowest BCUT2D eigenvalue weighted by Crippen LogP contribution is -2.21. The fourth-order valence-electron chi connectivity index (χ4n) is 2.31. The number of aromatic nitrogens is 3. The molecule has 1 aliphatic carbocycles. The summed E-state index contributed by atoms with van der Waals surface area (Å²) in [5.74, 6) is 1.00. The molecule has 0 amide bonds. The van der Waals surface area contributed by atoms with E-state index in [2.05, 4.69) is 15.0 Å². The molecule has 0 radical (unpaired) electrons. The number of aromatic amines is 1. The van der Waals surface area contributed by atoms with Crippen molar-refractivity contribution >= 4 is 0 Å². The van der Waals surface area contributed by atoms with Crippen molar-refractivity contribution in [2.24, 2.45) is 0 Å². The van der Waals surface area contributed by atoms with Crippen LogP contribution < -0.4 is 5.56 Å². The molecule has 1 saturated carbocycles. The SMILES string of the molecule is COCc1nc(C2CC2)ncc1-c1c[nH]c(=O)c(C(F)(F)F)c1. The first-order valence-electron chi connectivity index (χ1n) is 7.05. The van der Waals surface area contributed by atoms with Crippen LogP contribution in [0, 0.1) is 0 Å². The third kappa shape index (κ3) is 3.26. The van der Waals surface area contributed by atoms with E-state index in [0.717, 1.165) is 18.9 Å². The van der Waals surface area contributed by atoms with E-state index >= 15 is 0 Å². The van der Waals surface area contributed by atoms with Gasteiger partial charge in [0.2, 0.25) is 0 Å². The molecule has 3 rings (SSSR count). The Bertz CT molecular complexity index is 782. The molecule has 0 unspecified atom stereocenters. The van der Waals surface area contributed by atoms with E-state index < -0.39 is 17.3 Å². The molecule has 1 fully saturated rings. The smallest absolute Gasteiger partial charge is 0.378 e. The van der Waals surface area contributed by atoms with Crippen LogP contribution in [0.25, 0.3) is 11.1 Å². The Balaban J connectivity index is 2.08. The molecule has 23 heavy (non-hydrogen) atoms. The summed E-state index contributed by atoms with van der Waals surface area (Å²) < 4.78 is 43.8. The van der Waals surface area contributed by atoms with Crippen molar-refractivity contribution < 1.29 is 17.9 Å². The minimum absolute atomic E-state index is 0.151. The third-order valence-corrected chi connectivity index (χ3v) is 3.63. The number of hydrogen-bond acceptors (Lipinski definition) is 4. The number of nitrogens with zero attached hydrogens (tertiary/aromatic N) is 2. The quantitative estimate of drug-likeness (QED) is 0.938. The van der Waals surface area contributed by atoms with Crippen LogP contribution in [0.2, 0.25) is 0 Å². The average molecular weight is 325 g/mol. The van der Waals surface area contributed by atoms with Gasteiger partial charge in [0.15, 0.2) is 0 Å². The Hall–Kier alpha value is -2.22. The highest BCUT2D eigenvalue weighted by atomic mass is 19.4. The average Bonchev–Trinajstić information content (AvgIpc) is 3.32. The first kappa shape index (κ1) is 15.7. The summed E-state index contributed by atoms with van der Waals surface area (Å²) in [5, 5.41) is 0. The molecule has 8 heteroatoms. The highest BCUT2D eigenvalue weighted by molar-refractivity contribution is 5.64. The third-order valence-electron chi connectivity index (χ3n) is 3.63. The minimum atomic E-state index is -4.72. The molecule has 0 spiro atoms. The number of H-pyrrole nitrogens is 1. The van der Waals surface area contributed by atoms with Crippen molar-refractivity contribution in [1.82, 2.24) is 15.0 Å². The van der Waals surface area contributed by atoms with Crippen molar-refractivity contribution in [2.45, 2.75) is 31.5 Å². The van der Waals surface area contributed by atoms with Gasteiger partial charge in [-0.1, -0.05) is 0 Å². The van der Waals surface area contributed by atoms with Gasteiger partial charge in [-0.25, -0.2) is 9.97 Å². The van der Waals surface area contributed by atoms with Crippen LogP contribution in [0.1, 0.15) is 35.8 Å². The van der Waals surface area contributed by atoms with Crippen LogP contribution in [-0.4, -0.2) is 22.1 Å². The summed E-state index contributed by atoms with van der Waals surface area (Å²) in [6.07, 6.45) is 0.0279. The predicted octanol–water partition coefficient (Wildman–Crippen LogP) is 2.87. The van der Waals surface area contributed by atoms with Crippen molar-refractivity contribution in [3.63, 3.8) is 0 Å². The molecule has 0 bridgehead atoms. The van der Waals surface area contributed by atoms with Gasteiger partial charge < -0.3 is 9.72 Å². The molecule has 0 saturated heterocycles. The van der Waals surface area contributed by atoms with Crippen LogP contribution in [0.15, 0.2) is 23.3 Å². The van der Waals surface area contributed by atoms with Crippen LogP contribution in [0.3, 0.4) is 0 Å². The summed E-state index contributed by atoms with van der Waals surface area (Å²) in [7, 11) is 1.48. The minimum Gasteiger partial charge on any atom is -0.378 e. The van der Waals surface area contributed by atoms with Crippen molar-refractivity contribution in [3.8, 4) is 11.1 Å². The van der Waals surface area contributed by atoms with Crippen molar-refractivity contribution in [1.29, 1.82) is 0 Å². The van der Waals surface area contributed by atoms with Gasteiger partial charge in [-0.15, -0.1) is 0 Å². The lowest BCUT2D eigenvalue weighted by molar-refractivity contribution is -0.138. The fourth-order valence-corrected chi connectivity index (χ4v) is 2.31. The predicted molar refractivity (Wildman–Crippen MR) is 75.8 cm³/mol. The standard InChI is InChI=1S/C15H14F3N3O2/c1-23-7-12-10(6-19-13(21-12)8-2-3-8)9-4-11(15(16,17)18)14(22)20-5-9/h4-6,8H,2-3,7H2,1H3,(H,20,22). The monoisotopic (exact) mass is 325 g/mol. The highest BCUT2D eigenvalue weighted by Crippen LogP contribution is 2.39. The zero-order chi connectivity index (χ0) is 16.6. The maximum atomic E-state index is 12.9. The number of alkyl halides is 3. The first-order valence-corrected chi connectivity index (χ1v) is 7.05. The Morgan fingerprint density at radius 2 is 2.13 bits per heavy atom. The molecule has 0 aromatic carbocycles. The molecule has 1 aliphatic rings. The summed E-state index contributed by atoms with van der Waals surface area (Å²) in [6, 6.07) is 0.813. The zero-order valence-corrected chi connectivity index (χ0v) is 12.3. The van der Waals surface area contributed by atoms with Gasteiger partial charge in [0.1, 0.15) is 11.4 Å². The van der Waals surface area contributed by atoms with Crippen molar-refractivity contribution in [3.05, 3.63) is 45.9 Å². The molecular formula is C15H14F3N3O2. The maximum Gasteiger partial charge on any atom is 0.421 e.